The lowest BCUT2D eigenvalue weighted by molar-refractivity contribution is 0.240. The predicted molar refractivity (Wildman–Crippen MR) is 113 cm³/mol. The summed E-state index contributed by atoms with van der Waals surface area (Å²) >= 11 is 0. The molecule has 136 valence electrons. The molecule has 0 aromatic heterocycles. The molecule has 2 nitrogen and oxygen atoms in total. The van der Waals surface area contributed by atoms with E-state index in [1.165, 1.54) is 11.8 Å². The van der Waals surface area contributed by atoms with Crippen molar-refractivity contribution in [1.29, 1.82) is 0 Å². The van der Waals surface area contributed by atoms with Crippen LogP contribution < -0.4 is 4.74 Å². The number of benzene rings is 2. The molecule has 1 aliphatic rings. The molecule has 0 radical (unpaired) electrons. The van der Waals surface area contributed by atoms with E-state index in [2.05, 4.69) is 31.9 Å². The van der Waals surface area contributed by atoms with E-state index >= 15 is 0 Å². The summed E-state index contributed by atoms with van der Waals surface area (Å²) in [5.41, 5.74) is 5.57. The minimum Gasteiger partial charge on any atom is -0.501 e. The molecule has 0 bridgehead atoms. The van der Waals surface area contributed by atoms with Gasteiger partial charge in [0.25, 0.3) is 0 Å². The van der Waals surface area contributed by atoms with Gasteiger partial charge in [0.15, 0.2) is 0 Å². The van der Waals surface area contributed by atoms with E-state index in [1.54, 1.807) is 0 Å². The van der Waals surface area contributed by atoms with Crippen LogP contribution in [-0.2, 0) is 4.74 Å². The SMILES string of the molecule is C=COCC1C(C=C)=C(/C=C\C)c2c(C(=C)Oc3ccccc3)cccc21. The summed E-state index contributed by atoms with van der Waals surface area (Å²) in [5, 5.41) is 0. The van der Waals surface area contributed by atoms with Gasteiger partial charge in [-0.1, -0.05) is 74.4 Å². The normalized spacial score (nSPS) is 15.5. The van der Waals surface area contributed by atoms with Gasteiger partial charge in [-0.25, -0.2) is 0 Å². The second-order valence-corrected chi connectivity index (χ2v) is 6.23. The van der Waals surface area contributed by atoms with E-state index in [1.807, 2.05) is 61.5 Å². The van der Waals surface area contributed by atoms with E-state index in [9.17, 15) is 0 Å². The Balaban J connectivity index is 2.08. The van der Waals surface area contributed by atoms with E-state index < -0.39 is 0 Å². The summed E-state index contributed by atoms with van der Waals surface area (Å²) in [5.74, 6) is 1.49. The summed E-state index contributed by atoms with van der Waals surface area (Å²) in [6.07, 6.45) is 7.55. The van der Waals surface area contributed by atoms with Crippen molar-refractivity contribution in [2.45, 2.75) is 12.8 Å². The van der Waals surface area contributed by atoms with Crippen LogP contribution in [0, 0.1) is 0 Å². The van der Waals surface area contributed by atoms with Crippen molar-refractivity contribution in [1.82, 2.24) is 0 Å². The lowest BCUT2D eigenvalue weighted by Crippen LogP contribution is -2.06. The Labute approximate surface area is 161 Å². The second-order valence-electron chi connectivity index (χ2n) is 6.23. The summed E-state index contributed by atoms with van der Waals surface area (Å²) in [6.45, 7) is 14.4. The van der Waals surface area contributed by atoms with Crippen molar-refractivity contribution in [3.63, 3.8) is 0 Å². The number of hydrogen-bond acceptors (Lipinski definition) is 2. The lowest BCUT2D eigenvalue weighted by Gasteiger charge is -2.16. The summed E-state index contributed by atoms with van der Waals surface area (Å²) in [4.78, 5) is 0. The van der Waals surface area contributed by atoms with Gasteiger partial charge >= 0.3 is 0 Å². The zero-order valence-electron chi connectivity index (χ0n) is 15.7. The molecule has 2 aromatic carbocycles. The van der Waals surface area contributed by atoms with Gasteiger partial charge in [0.2, 0.25) is 0 Å². The Kier molecular flexibility index (Phi) is 5.77. The van der Waals surface area contributed by atoms with Crippen molar-refractivity contribution in [2.75, 3.05) is 6.61 Å². The molecular formula is C25H24O2. The average molecular weight is 356 g/mol. The first-order valence-corrected chi connectivity index (χ1v) is 8.98. The van der Waals surface area contributed by atoms with Crippen molar-refractivity contribution < 1.29 is 9.47 Å². The van der Waals surface area contributed by atoms with Gasteiger partial charge in [-0.15, -0.1) is 0 Å². The van der Waals surface area contributed by atoms with Gasteiger partial charge < -0.3 is 9.47 Å². The van der Waals surface area contributed by atoms with E-state index in [4.69, 9.17) is 9.47 Å². The van der Waals surface area contributed by atoms with Crippen molar-refractivity contribution in [2.24, 2.45) is 0 Å². The number of hydrogen-bond donors (Lipinski definition) is 0. The van der Waals surface area contributed by atoms with Crippen molar-refractivity contribution >= 4 is 11.3 Å². The van der Waals surface area contributed by atoms with Crippen LogP contribution in [0.2, 0.25) is 0 Å². The number of para-hydroxylation sites is 1. The molecule has 0 heterocycles. The highest BCUT2D eigenvalue weighted by atomic mass is 16.5. The Bertz CT molecular complexity index is 917. The van der Waals surface area contributed by atoms with Gasteiger partial charge in [-0.2, -0.15) is 0 Å². The lowest BCUT2D eigenvalue weighted by atomic mass is 9.94. The number of ether oxygens (including phenoxy) is 2. The molecule has 0 spiro atoms. The van der Waals surface area contributed by atoms with Crippen LogP contribution in [0.4, 0.5) is 0 Å². The highest BCUT2D eigenvalue weighted by Crippen LogP contribution is 2.46. The third-order valence-electron chi connectivity index (χ3n) is 4.65. The number of allylic oxidation sites excluding steroid dienone is 4. The maximum absolute atomic E-state index is 6.02. The molecular weight excluding hydrogens is 332 g/mol. The van der Waals surface area contributed by atoms with Gasteiger partial charge in [0.05, 0.1) is 12.9 Å². The molecule has 27 heavy (non-hydrogen) atoms. The summed E-state index contributed by atoms with van der Waals surface area (Å²) in [7, 11) is 0. The Hall–Kier alpha value is -3.26. The second kappa shape index (κ2) is 8.41. The molecule has 2 aromatic rings. The zero-order chi connectivity index (χ0) is 19.2. The Morgan fingerprint density at radius 3 is 2.52 bits per heavy atom. The molecule has 2 heteroatoms. The van der Waals surface area contributed by atoms with Crippen LogP contribution in [0.3, 0.4) is 0 Å². The smallest absolute Gasteiger partial charge is 0.128 e. The summed E-state index contributed by atoms with van der Waals surface area (Å²) < 4.78 is 11.6. The van der Waals surface area contributed by atoms with Crippen LogP contribution in [0.1, 0.15) is 29.5 Å². The standard InChI is InChI=1S/C25H24O2/c1-5-12-22-20(6-2)24(17-26-7-3)23-16-11-15-21(25(22)23)18(4)27-19-13-9-8-10-14-19/h5-16,24H,2-4,17H2,1H3/b12-5-. The highest BCUT2D eigenvalue weighted by Gasteiger charge is 2.31. The molecule has 1 unspecified atom stereocenters. The molecule has 0 aliphatic heterocycles. The van der Waals surface area contributed by atoms with Gasteiger partial charge in [-0.05, 0) is 41.3 Å². The van der Waals surface area contributed by atoms with Crippen LogP contribution in [0.5, 0.6) is 5.75 Å². The maximum atomic E-state index is 6.02. The average Bonchev–Trinajstić information content (AvgIpc) is 3.00. The zero-order valence-corrected chi connectivity index (χ0v) is 15.7. The molecule has 0 fully saturated rings. The first-order chi connectivity index (χ1) is 13.2. The Morgan fingerprint density at radius 2 is 1.85 bits per heavy atom. The van der Waals surface area contributed by atoms with Gasteiger partial charge in [0.1, 0.15) is 11.5 Å². The third kappa shape index (κ3) is 3.65. The fourth-order valence-electron chi connectivity index (χ4n) is 3.52. The van der Waals surface area contributed by atoms with Crippen molar-refractivity contribution in [3.05, 3.63) is 115 Å². The Morgan fingerprint density at radius 1 is 1.07 bits per heavy atom. The molecule has 0 amide bonds. The monoisotopic (exact) mass is 356 g/mol. The largest absolute Gasteiger partial charge is 0.501 e. The molecule has 1 atom stereocenters. The fraction of sp³-hybridized carbons (Fsp3) is 0.120. The van der Waals surface area contributed by atoms with Gasteiger partial charge in [0, 0.05) is 11.5 Å². The highest BCUT2D eigenvalue weighted by molar-refractivity contribution is 5.91. The fourth-order valence-corrected chi connectivity index (χ4v) is 3.52. The quantitative estimate of drug-likeness (QED) is 0.502. The topological polar surface area (TPSA) is 18.5 Å². The molecule has 0 saturated carbocycles. The number of rotatable bonds is 8. The molecule has 3 rings (SSSR count). The van der Waals surface area contributed by atoms with Crippen LogP contribution in [0.25, 0.3) is 11.3 Å². The number of fused-ring (bicyclic) bond motifs is 1. The first kappa shape index (κ1) is 18.5. The minimum absolute atomic E-state index is 0.103. The first-order valence-electron chi connectivity index (χ1n) is 8.98. The predicted octanol–water partition coefficient (Wildman–Crippen LogP) is 6.51. The maximum Gasteiger partial charge on any atom is 0.128 e. The molecule has 0 saturated heterocycles. The van der Waals surface area contributed by atoms with Crippen LogP contribution in [-0.4, -0.2) is 6.61 Å². The van der Waals surface area contributed by atoms with E-state index in [0.29, 0.717) is 12.4 Å². The molecule has 1 aliphatic carbocycles. The van der Waals surface area contributed by atoms with E-state index in [-0.39, 0.29) is 5.92 Å². The molecule has 0 N–H and O–H groups in total. The van der Waals surface area contributed by atoms with E-state index in [0.717, 1.165) is 28.0 Å². The van der Waals surface area contributed by atoms with Gasteiger partial charge in [-0.3, -0.25) is 0 Å². The van der Waals surface area contributed by atoms with Crippen LogP contribution in [0.15, 0.2) is 98.3 Å². The van der Waals surface area contributed by atoms with Crippen molar-refractivity contribution in [3.8, 4) is 5.75 Å². The third-order valence-corrected chi connectivity index (χ3v) is 4.65. The van der Waals surface area contributed by atoms with Crippen LogP contribution >= 0.6 is 0 Å². The minimum atomic E-state index is 0.103. The summed E-state index contributed by atoms with van der Waals surface area (Å²) in [6, 6.07) is 15.9.